The van der Waals surface area contributed by atoms with Gasteiger partial charge in [-0.3, -0.25) is 9.59 Å². The fourth-order valence-electron chi connectivity index (χ4n) is 2.69. The Balaban J connectivity index is 1.67. The van der Waals surface area contributed by atoms with Gasteiger partial charge in [0, 0.05) is 0 Å². The van der Waals surface area contributed by atoms with E-state index in [1.807, 2.05) is 36.4 Å². The number of hydrogen-bond donors (Lipinski definition) is 0. The second kappa shape index (κ2) is 11.0. The first-order valence-corrected chi connectivity index (χ1v) is 9.03. The van der Waals surface area contributed by atoms with Crippen molar-refractivity contribution in [2.24, 2.45) is 0 Å². The van der Waals surface area contributed by atoms with Gasteiger partial charge in [0.15, 0.2) is 11.6 Å². The molecule has 0 bridgehead atoms. The molecule has 0 aliphatic carbocycles. The lowest BCUT2D eigenvalue weighted by atomic mass is 10.00. The molecule has 6 nitrogen and oxygen atoms in total. The van der Waals surface area contributed by atoms with Gasteiger partial charge in [-0.1, -0.05) is 42.5 Å². The van der Waals surface area contributed by atoms with E-state index in [1.54, 1.807) is 18.2 Å². The molecule has 31 heavy (non-hydrogen) atoms. The molecule has 0 saturated carbocycles. The van der Waals surface area contributed by atoms with Crippen LogP contribution in [-0.2, 0) is 19.1 Å². The maximum absolute atomic E-state index is 14.2. The van der Waals surface area contributed by atoms with Crippen LogP contribution >= 0.6 is 0 Å². The standard InChI is InChI=1S/C24H17FO6/c25-23-15-21(7-10-24(23)31-14-12-29-17-27)20-3-1-18(2-4-20)19-5-8-22(9-6-19)30-13-11-28-16-26/h1-17H/b13-11-,14-12-. The zero-order valence-corrected chi connectivity index (χ0v) is 16.1. The van der Waals surface area contributed by atoms with Crippen LogP contribution in [0, 0.1) is 5.82 Å². The average Bonchev–Trinajstić information content (AvgIpc) is 2.81. The summed E-state index contributed by atoms with van der Waals surface area (Å²) in [6, 6.07) is 19.6. The highest BCUT2D eigenvalue weighted by atomic mass is 19.1. The van der Waals surface area contributed by atoms with Crippen LogP contribution in [0.15, 0.2) is 91.8 Å². The smallest absolute Gasteiger partial charge is 0.298 e. The Hall–Kier alpha value is -4.39. The number of halogens is 1. The summed E-state index contributed by atoms with van der Waals surface area (Å²) in [4.78, 5) is 20.1. The Kier molecular flexibility index (Phi) is 7.54. The van der Waals surface area contributed by atoms with Gasteiger partial charge in [0.2, 0.25) is 0 Å². The number of rotatable bonds is 10. The Labute approximate surface area is 177 Å². The van der Waals surface area contributed by atoms with Crippen molar-refractivity contribution in [2.45, 2.75) is 0 Å². The number of benzene rings is 3. The highest BCUT2D eigenvalue weighted by Gasteiger charge is 2.07. The van der Waals surface area contributed by atoms with E-state index in [-0.39, 0.29) is 12.2 Å². The molecular formula is C24H17FO6. The first-order valence-electron chi connectivity index (χ1n) is 9.03. The van der Waals surface area contributed by atoms with Crippen LogP contribution in [0.4, 0.5) is 4.39 Å². The highest BCUT2D eigenvalue weighted by Crippen LogP contribution is 2.29. The Bertz CT molecular complexity index is 1070. The molecule has 3 aromatic carbocycles. The van der Waals surface area contributed by atoms with Crippen LogP contribution in [0.25, 0.3) is 22.3 Å². The van der Waals surface area contributed by atoms with E-state index < -0.39 is 5.82 Å². The maximum atomic E-state index is 14.2. The van der Waals surface area contributed by atoms with E-state index in [0.717, 1.165) is 35.5 Å². The molecular weight excluding hydrogens is 403 g/mol. The molecule has 7 heteroatoms. The minimum atomic E-state index is -0.541. The molecule has 0 heterocycles. The average molecular weight is 420 g/mol. The predicted molar refractivity (Wildman–Crippen MR) is 111 cm³/mol. The molecule has 0 aliphatic heterocycles. The van der Waals surface area contributed by atoms with Gasteiger partial charge in [-0.05, 0) is 46.5 Å². The van der Waals surface area contributed by atoms with Gasteiger partial charge in [0.25, 0.3) is 12.9 Å². The summed E-state index contributed by atoms with van der Waals surface area (Å²) in [6.45, 7) is 0.532. The van der Waals surface area contributed by atoms with Crippen molar-refractivity contribution < 1.29 is 32.9 Å². The minimum Gasteiger partial charge on any atom is -0.462 e. The number of carbonyl (C=O) groups is 2. The Morgan fingerprint density at radius 2 is 1.06 bits per heavy atom. The van der Waals surface area contributed by atoms with Crippen molar-refractivity contribution in [3.05, 3.63) is 97.6 Å². The van der Waals surface area contributed by atoms with E-state index in [2.05, 4.69) is 9.47 Å². The largest absolute Gasteiger partial charge is 0.462 e. The molecule has 0 amide bonds. The third-order valence-corrected chi connectivity index (χ3v) is 4.12. The maximum Gasteiger partial charge on any atom is 0.298 e. The lowest BCUT2D eigenvalue weighted by molar-refractivity contribution is -0.124. The second-order valence-electron chi connectivity index (χ2n) is 5.99. The minimum absolute atomic E-state index is 0.0148. The lowest BCUT2D eigenvalue weighted by Gasteiger charge is -2.08. The third-order valence-electron chi connectivity index (χ3n) is 4.12. The van der Waals surface area contributed by atoms with Crippen LogP contribution in [0.5, 0.6) is 11.5 Å². The van der Waals surface area contributed by atoms with Crippen LogP contribution < -0.4 is 9.47 Å². The summed E-state index contributed by atoms with van der Waals surface area (Å²) in [5, 5.41) is 0. The molecule has 3 rings (SSSR count). The summed E-state index contributed by atoms with van der Waals surface area (Å²) in [5.41, 5.74) is 3.49. The van der Waals surface area contributed by atoms with Crippen LogP contribution in [0.3, 0.4) is 0 Å². The number of carbonyl (C=O) groups excluding carboxylic acids is 2. The van der Waals surface area contributed by atoms with E-state index in [4.69, 9.17) is 9.47 Å². The molecule has 0 spiro atoms. The van der Waals surface area contributed by atoms with Gasteiger partial charge >= 0.3 is 0 Å². The fraction of sp³-hybridized carbons (Fsp3) is 0. The van der Waals surface area contributed by atoms with Gasteiger partial charge in [-0.2, -0.15) is 0 Å². The highest BCUT2D eigenvalue weighted by molar-refractivity contribution is 5.71. The van der Waals surface area contributed by atoms with Crippen LogP contribution in [-0.4, -0.2) is 12.9 Å². The summed E-state index contributed by atoms with van der Waals surface area (Å²) in [7, 11) is 0. The van der Waals surface area contributed by atoms with Gasteiger partial charge in [0.05, 0.1) is 0 Å². The molecule has 0 unspecified atom stereocenters. The van der Waals surface area contributed by atoms with Crippen molar-refractivity contribution >= 4 is 12.9 Å². The summed E-state index contributed by atoms with van der Waals surface area (Å²) >= 11 is 0. The molecule has 0 aromatic heterocycles. The Morgan fingerprint density at radius 1 is 0.581 bits per heavy atom. The molecule has 0 radical (unpaired) electrons. The normalized spacial score (nSPS) is 10.7. The van der Waals surface area contributed by atoms with Crippen molar-refractivity contribution in [1.82, 2.24) is 0 Å². The van der Waals surface area contributed by atoms with Crippen LogP contribution in [0.2, 0.25) is 0 Å². The molecule has 0 saturated heterocycles. The van der Waals surface area contributed by atoms with Gasteiger partial charge < -0.3 is 18.9 Å². The van der Waals surface area contributed by atoms with Crippen molar-refractivity contribution in [3.8, 4) is 33.8 Å². The number of hydrogen-bond acceptors (Lipinski definition) is 6. The molecule has 0 atom stereocenters. The number of ether oxygens (including phenoxy) is 4. The summed E-state index contributed by atoms with van der Waals surface area (Å²) < 4.78 is 33.4. The monoisotopic (exact) mass is 420 g/mol. The molecule has 0 aliphatic rings. The quantitative estimate of drug-likeness (QED) is 0.331. The summed E-state index contributed by atoms with van der Waals surface area (Å²) in [6.07, 6.45) is 4.49. The molecule has 0 fully saturated rings. The molecule has 0 N–H and O–H groups in total. The topological polar surface area (TPSA) is 71.1 Å². The predicted octanol–water partition coefficient (Wildman–Crippen LogP) is 5.21. The lowest BCUT2D eigenvalue weighted by Crippen LogP contribution is -1.89. The third kappa shape index (κ3) is 6.04. The molecule has 3 aromatic rings. The van der Waals surface area contributed by atoms with E-state index in [9.17, 15) is 14.0 Å². The Morgan fingerprint density at radius 3 is 1.61 bits per heavy atom. The molecule has 156 valence electrons. The van der Waals surface area contributed by atoms with Crippen molar-refractivity contribution in [1.29, 1.82) is 0 Å². The van der Waals surface area contributed by atoms with Crippen LogP contribution in [0.1, 0.15) is 0 Å². The van der Waals surface area contributed by atoms with Crippen molar-refractivity contribution in [2.75, 3.05) is 0 Å². The van der Waals surface area contributed by atoms with E-state index in [1.165, 1.54) is 18.4 Å². The SMILES string of the molecule is O=CO/C=C\Oc1ccc(-c2ccc(-c3ccc(O/C=C\OC=O)c(F)c3)cc2)cc1. The summed E-state index contributed by atoms with van der Waals surface area (Å²) in [5.74, 6) is 0.0676. The first kappa shape index (κ1) is 21.3. The van der Waals surface area contributed by atoms with Crippen molar-refractivity contribution in [3.63, 3.8) is 0 Å². The van der Waals surface area contributed by atoms with E-state index >= 15 is 0 Å². The zero-order valence-electron chi connectivity index (χ0n) is 16.1. The van der Waals surface area contributed by atoms with Gasteiger partial charge in [-0.25, -0.2) is 4.39 Å². The first-order chi connectivity index (χ1) is 15.2. The zero-order chi connectivity index (χ0) is 21.9. The second-order valence-corrected chi connectivity index (χ2v) is 5.99. The van der Waals surface area contributed by atoms with E-state index in [0.29, 0.717) is 17.8 Å². The van der Waals surface area contributed by atoms with Gasteiger partial charge in [0.1, 0.15) is 30.8 Å². The van der Waals surface area contributed by atoms with Gasteiger partial charge in [-0.15, -0.1) is 0 Å². The fourth-order valence-corrected chi connectivity index (χ4v) is 2.69.